The van der Waals surface area contributed by atoms with Gasteiger partial charge in [-0.1, -0.05) is 15.9 Å². The zero-order valence-electron chi connectivity index (χ0n) is 11.4. The number of ketones is 1. The Morgan fingerprint density at radius 3 is 2.81 bits per heavy atom. The summed E-state index contributed by atoms with van der Waals surface area (Å²) in [5, 5.41) is 0. The summed E-state index contributed by atoms with van der Waals surface area (Å²) in [4.78, 5) is 12.1. The van der Waals surface area contributed by atoms with Crippen molar-refractivity contribution in [2.24, 2.45) is 0 Å². The van der Waals surface area contributed by atoms with Gasteiger partial charge in [-0.05, 0) is 48.9 Å². The Balaban J connectivity index is 1.67. The summed E-state index contributed by atoms with van der Waals surface area (Å²) in [5.74, 6) is 1.83. The van der Waals surface area contributed by atoms with E-state index in [-0.39, 0.29) is 19.2 Å². The van der Waals surface area contributed by atoms with Gasteiger partial charge in [-0.3, -0.25) is 4.79 Å². The second-order valence-electron chi connectivity index (χ2n) is 4.69. The Labute approximate surface area is 130 Å². The SMILES string of the molecule is Cc1cc(OCC(=O)c2ccc3c(c2)OCO3)ccc1Br. The molecule has 0 unspecified atom stereocenters. The van der Waals surface area contributed by atoms with Crippen molar-refractivity contribution in [3.63, 3.8) is 0 Å². The third-order valence-electron chi connectivity index (χ3n) is 3.19. The molecule has 0 N–H and O–H groups in total. The topological polar surface area (TPSA) is 44.8 Å². The van der Waals surface area contributed by atoms with E-state index < -0.39 is 0 Å². The van der Waals surface area contributed by atoms with Crippen LogP contribution in [-0.4, -0.2) is 19.2 Å². The first-order chi connectivity index (χ1) is 10.1. The summed E-state index contributed by atoms with van der Waals surface area (Å²) in [6.45, 7) is 2.15. The van der Waals surface area contributed by atoms with Gasteiger partial charge < -0.3 is 14.2 Å². The summed E-state index contributed by atoms with van der Waals surface area (Å²) in [7, 11) is 0. The Bertz CT molecular complexity index is 697. The molecule has 0 saturated heterocycles. The predicted molar refractivity (Wildman–Crippen MR) is 81.3 cm³/mol. The largest absolute Gasteiger partial charge is 0.485 e. The van der Waals surface area contributed by atoms with E-state index in [0.29, 0.717) is 22.8 Å². The molecule has 2 aromatic carbocycles. The quantitative estimate of drug-likeness (QED) is 0.789. The number of halogens is 1. The molecule has 0 saturated carbocycles. The van der Waals surface area contributed by atoms with Crippen LogP contribution in [-0.2, 0) is 0 Å². The highest BCUT2D eigenvalue weighted by Crippen LogP contribution is 2.32. The molecule has 1 heterocycles. The van der Waals surface area contributed by atoms with E-state index in [2.05, 4.69) is 15.9 Å². The fourth-order valence-electron chi connectivity index (χ4n) is 2.01. The van der Waals surface area contributed by atoms with Gasteiger partial charge in [0.25, 0.3) is 0 Å². The zero-order valence-corrected chi connectivity index (χ0v) is 13.0. The Morgan fingerprint density at radius 2 is 2.00 bits per heavy atom. The van der Waals surface area contributed by atoms with Crippen LogP contribution in [0.25, 0.3) is 0 Å². The molecule has 0 fully saturated rings. The summed E-state index contributed by atoms with van der Waals surface area (Å²) < 4.78 is 17.0. The number of Topliss-reactive ketones (excluding diaryl/α,β-unsaturated/α-hetero) is 1. The van der Waals surface area contributed by atoms with Crippen LogP contribution < -0.4 is 14.2 Å². The van der Waals surface area contributed by atoms with Crippen LogP contribution in [0.15, 0.2) is 40.9 Å². The van der Waals surface area contributed by atoms with Gasteiger partial charge in [0.15, 0.2) is 23.9 Å². The predicted octanol–water partition coefficient (Wildman–Crippen LogP) is 3.75. The zero-order chi connectivity index (χ0) is 14.8. The normalized spacial score (nSPS) is 12.3. The summed E-state index contributed by atoms with van der Waals surface area (Å²) in [5.41, 5.74) is 1.61. The highest BCUT2D eigenvalue weighted by molar-refractivity contribution is 9.10. The monoisotopic (exact) mass is 348 g/mol. The van der Waals surface area contributed by atoms with E-state index in [4.69, 9.17) is 14.2 Å². The van der Waals surface area contributed by atoms with E-state index >= 15 is 0 Å². The first kappa shape index (κ1) is 13.9. The molecule has 1 aliphatic rings. The summed E-state index contributed by atoms with van der Waals surface area (Å²) in [6, 6.07) is 10.7. The van der Waals surface area contributed by atoms with Crippen LogP contribution in [0, 0.1) is 6.92 Å². The maximum absolute atomic E-state index is 12.1. The molecule has 0 aromatic heterocycles. The molecule has 108 valence electrons. The van der Waals surface area contributed by atoms with Gasteiger partial charge in [0, 0.05) is 10.0 Å². The van der Waals surface area contributed by atoms with Crippen LogP contribution >= 0.6 is 15.9 Å². The minimum atomic E-state index is -0.103. The number of benzene rings is 2. The molecule has 21 heavy (non-hydrogen) atoms. The van der Waals surface area contributed by atoms with Crippen molar-refractivity contribution in [2.75, 3.05) is 13.4 Å². The molecule has 0 bridgehead atoms. The van der Waals surface area contributed by atoms with Gasteiger partial charge >= 0.3 is 0 Å². The Morgan fingerprint density at radius 1 is 1.19 bits per heavy atom. The van der Waals surface area contributed by atoms with Gasteiger partial charge in [0.2, 0.25) is 6.79 Å². The molecule has 0 atom stereocenters. The van der Waals surface area contributed by atoms with Crippen LogP contribution in [0.1, 0.15) is 15.9 Å². The van der Waals surface area contributed by atoms with Crippen LogP contribution in [0.4, 0.5) is 0 Å². The molecule has 0 spiro atoms. The van der Waals surface area contributed by atoms with E-state index in [1.165, 1.54) is 0 Å². The number of carbonyl (C=O) groups is 1. The van der Waals surface area contributed by atoms with E-state index in [1.807, 2.05) is 25.1 Å². The molecular formula is C16H13BrO4. The van der Waals surface area contributed by atoms with Crippen molar-refractivity contribution in [3.8, 4) is 17.2 Å². The van der Waals surface area contributed by atoms with Crippen LogP contribution in [0.3, 0.4) is 0 Å². The fraction of sp³-hybridized carbons (Fsp3) is 0.188. The van der Waals surface area contributed by atoms with Gasteiger partial charge in [-0.15, -0.1) is 0 Å². The number of rotatable bonds is 4. The van der Waals surface area contributed by atoms with E-state index in [0.717, 1.165) is 10.0 Å². The van der Waals surface area contributed by atoms with Crippen molar-refractivity contribution in [3.05, 3.63) is 52.0 Å². The van der Waals surface area contributed by atoms with Gasteiger partial charge in [0.1, 0.15) is 5.75 Å². The molecule has 0 aliphatic carbocycles. The second kappa shape index (κ2) is 5.77. The highest BCUT2D eigenvalue weighted by Gasteiger charge is 2.16. The molecule has 1 aliphatic heterocycles. The van der Waals surface area contributed by atoms with Gasteiger partial charge in [-0.25, -0.2) is 0 Å². The number of aryl methyl sites for hydroxylation is 1. The third kappa shape index (κ3) is 3.03. The third-order valence-corrected chi connectivity index (χ3v) is 4.08. The number of hydrogen-bond acceptors (Lipinski definition) is 4. The Hall–Kier alpha value is -2.01. The van der Waals surface area contributed by atoms with Crippen LogP contribution in [0.5, 0.6) is 17.2 Å². The summed E-state index contributed by atoms with van der Waals surface area (Å²) >= 11 is 3.43. The average molecular weight is 349 g/mol. The first-order valence-corrected chi connectivity index (χ1v) is 7.24. The van der Waals surface area contributed by atoms with Crippen LogP contribution in [0.2, 0.25) is 0 Å². The number of fused-ring (bicyclic) bond motifs is 1. The van der Waals surface area contributed by atoms with Crippen molar-refractivity contribution >= 4 is 21.7 Å². The van der Waals surface area contributed by atoms with Crippen molar-refractivity contribution in [1.29, 1.82) is 0 Å². The number of hydrogen-bond donors (Lipinski definition) is 0. The maximum atomic E-state index is 12.1. The Kier molecular flexibility index (Phi) is 3.84. The molecule has 2 aromatic rings. The number of carbonyl (C=O) groups excluding carboxylic acids is 1. The average Bonchev–Trinajstić information content (AvgIpc) is 2.95. The molecule has 5 heteroatoms. The molecule has 0 radical (unpaired) electrons. The van der Waals surface area contributed by atoms with E-state index in [1.54, 1.807) is 18.2 Å². The lowest BCUT2D eigenvalue weighted by Crippen LogP contribution is -2.11. The minimum Gasteiger partial charge on any atom is -0.485 e. The van der Waals surface area contributed by atoms with Crippen molar-refractivity contribution in [2.45, 2.75) is 6.92 Å². The van der Waals surface area contributed by atoms with E-state index in [9.17, 15) is 4.79 Å². The smallest absolute Gasteiger partial charge is 0.231 e. The molecule has 0 amide bonds. The number of ether oxygens (including phenoxy) is 3. The van der Waals surface area contributed by atoms with Crippen molar-refractivity contribution in [1.82, 2.24) is 0 Å². The highest BCUT2D eigenvalue weighted by atomic mass is 79.9. The minimum absolute atomic E-state index is 0.0132. The lowest BCUT2D eigenvalue weighted by Gasteiger charge is -2.07. The maximum Gasteiger partial charge on any atom is 0.231 e. The second-order valence-corrected chi connectivity index (χ2v) is 5.55. The fourth-order valence-corrected chi connectivity index (χ4v) is 2.26. The van der Waals surface area contributed by atoms with Gasteiger partial charge in [-0.2, -0.15) is 0 Å². The van der Waals surface area contributed by atoms with Crippen molar-refractivity contribution < 1.29 is 19.0 Å². The van der Waals surface area contributed by atoms with Gasteiger partial charge in [0.05, 0.1) is 0 Å². The summed E-state index contributed by atoms with van der Waals surface area (Å²) in [6.07, 6.45) is 0. The first-order valence-electron chi connectivity index (χ1n) is 6.45. The molecule has 4 nitrogen and oxygen atoms in total. The molecular weight excluding hydrogens is 336 g/mol. The lowest BCUT2D eigenvalue weighted by molar-refractivity contribution is 0.0921. The lowest BCUT2D eigenvalue weighted by atomic mass is 10.1. The molecule has 3 rings (SSSR count). The standard InChI is InChI=1S/C16H13BrO4/c1-10-6-12(3-4-13(10)17)19-8-14(18)11-2-5-15-16(7-11)21-9-20-15/h2-7H,8-9H2,1H3.